The van der Waals surface area contributed by atoms with E-state index >= 15 is 0 Å². The molecule has 4 rings (SSSR count). The lowest BCUT2D eigenvalue weighted by atomic mass is 9.91. The molecule has 2 amide bonds. The maximum atomic E-state index is 13.8. The molecule has 2 aromatic carbocycles. The van der Waals surface area contributed by atoms with E-state index in [2.05, 4.69) is 25.7 Å². The van der Waals surface area contributed by atoms with Crippen LogP contribution in [-0.2, 0) is 9.59 Å². The van der Waals surface area contributed by atoms with Gasteiger partial charge in [0.05, 0.1) is 17.9 Å². The number of benzene rings is 2. The Balaban J connectivity index is 1.79. The van der Waals surface area contributed by atoms with Crippen LogP contribution in [0.5, 0.6) is 5.75 Å². The summed E-state index contributed by atoms with van der Waals surface area (Å²) in [6.45, 7) is 10.6. The maximum absolute atomic E-state index is 13.8. The largest absolute Gasteiger partial charge is 0.494 e. The van der Waals surface area contributed by atoms with Gasteiger partial charge in [-0.15, -0.1) is 0 Å². The average molecular weight is 433 g/mol. The number of imide groups is 1. The van der Waals surface area contributed by atoms with E-state index in [1.807, 2.05) is 55.5 Å². The first-order valence-corrected chi connectivity index (χ1v) is 11.6. The predicted molar refractivity (Wildman–Crippen MR) is 127 cm³/mol. The van der Waals surface area contributed by atoms with Gasteiger partial charge in [0.1, 0.15) is 11.4 Å². The summed E-state index contributed by atoms with van der Waals surface area (Å²) in [7, 11) is 0. The molecule has 32 heavy (non-hydrogen) atoms. The Morgan fingerprint density at radius 1 is 0.938 bits per heavy atom. The summed E-state index contributed by atoms with van der Waals surface area (Å²) in [6, 6.07) is 15.1. The Morgan fingerprint density at radius 2 is 1.59 bits per heavy atom. The van der Waals surface area contributed by atoms with E-state index in [1.54, 1.807) is 0 Å². The molecule has 0 spiro atoms. The van der Waals surface area contributed by atoms with Crippen molar-refractivity contribution in [1.82, 2.24) is 4.90 Å². The van der Waals surface area contributed by atoms with Crippen LogP contribution in [0.4, 0.5) is 5.69 Å². The van der Waals surface area contributed by atoms with Gasteiger partial charge in [0, 0.05) is 13.1 Å². The number of carbonyl (C=O) groups is 2. The summed E-state index contributed by atoms with van der Waals surface area (Å²) in [6.07, 6.45) is 2.06. The van der Waals surface area contributed by atoms with Crippen molar-refractivity contribution in [3.63, 3.8) is 0 Å². The van der Waals surface area contributed by atoms with Gasteiger partial charge < -0.3 is 9.64 Å². The highest BCUT2D eigenvalue weighted by molar-refractivity contribution is 6.45. The number of aryl methyl sites for hydroxylation is 1. The number of amides is 2. The summed E-state index contributed by atoms with van der Waals surface area (Å²) >= 11 is 0. The number of carbonyl (C=O) groups excluding carboxylic acids is 2. The molecule has 0 aliphatic carbocycles. The number of hydrogen-bond acceptors (Lipinski definition) is 4. The van der Waals surface area contributed by atoms with Gasteiger partial charge in [-0.2, -0.15) is 0 Å². The zero-order valence-electron chi connectivity index (χ0n) is 19.4. The number of piperidine rings is 1. The normalized spacial score (nSPS) is 21.5. The fraction of sp³-hybridized carbons (Fsp3) is 0.407. The summed E-state index contributed by atoms with van der Waals surface area (Å²) in [5.41, 5.74) is 3.32. The van der Waals surface area contributed by atoms with E-state index < -0.39 is 0 Å². The van der Waals surface area contributed by atoms with Crippen LogP contribution in [0.3, 0.4) is 0 Å². The van der Waals surface area contributed by atoms with Gasteiger partial charge in [-0.25, -0.2) is 4.90 Å². The highest BCUT2D eigenvalue weighted by Crippen LogP contribution is 2.38. The number of rotatable bonds is 6. The number of nitrogens with zero attached hydrogens (tertiary/aromatic N) is 2. The third-order valence-electron chi connectivity index (χ3n) is 6.22. The van der Waals surface area contributed by atoms with Crippen LogP contribution in [0, 0.1) is 18.8 Å². The van der Waals surface area contributed by atoms with Crippen LogP contribution in [0.2, 0.25) is 0 Å². The summed E-state index contributed by atoms with van der Waals surface area (Å²) < 4.78 is 5.71. The molecule has 1 saturated heterocycles. The van der Waals surface area contributed by atoms with Crippen LogP contribution >= 0.6 is 0 Å². The van der Waals surface area contributed by atoms with Gasteiger partial charge in [-0.05, 0) is 60.9 Å². The van der Waals surface area contributed by atoms with Gasteiger partial charge in [0.2, 0.25) is 0 Å². The fourth-order valence-electron chi connectivity index (χ4n) is 4.89. The molecule has 0 saturated carbocycles. The van der Waals surface area contributed by atoms with E-state index in [0.717, 1.165) is 42.8 Å². The standard InChI is InChI=1S/C27H32N2O3/c1-5-14-32-22-12-10-21(11-13-22)24-25(28-16-18(2)15-19(3)17-28)27(31)29(26(24)30)23-9-7-6-8-20(23)4/h6-13,18-19H,5,14-17H2,1-4H3. The van der Waals surface area contributed by atoms with Crippen molar-refractivity contribution in [2.75, 3.05) is 24.6 Å². The Hall–Kier alpha value is -3.08. The minimum absolute atomic E-state index is 0.230. The molecule has 2 aliphatic heterocycles. The van der Waals surface area contributed by atoms with Gasteiger partial charge in [0.25, 0.3) is 11.8 Å². The molecule has 0 bridgehead atoms. The molecule has 2 aliphatic rings. The second-order valence-corrected chi connectivity index (χ2v) is 9.18. The number of likely N-dealkylation sites (tertiary alicyclic amines) is 1. The van der Waals surface area contributed by atoms with Crippen molar-refractivity contribution in [2.45, 2.75) is 40.5 Å². The van der Waals surface area contributed by atoms with Crippen LogP contribution in [0.15, 0.2) is 54.2 Å². The van der Waals surface area contributed by atoms with Gasteiger partial charge in [-0.1, -0.05) is 51.1 Å². The van der Waals surface area contributed by atoms with E-state index in [0.29, 0.717) is 35.4 Å². The smallest absolute Gasteiger partial charge is 0.282 e. The second kappa shape index (κ2) is 9.19. The lowest BCUT2D eigenvalue weighted by Gasteiger charge is -2.37. The van der Waals surface area contributed by atoms with Crippen molar-refractivity contribution < 1.29 is 14.3 Å². The minimum atomic E-state index is -0.257. The number of anilines is 1. The molecular weight excluding hydrogens is 400 g/mol. The molecular formula is C27H32N2O3. The third kappa shape index (κ3) is 4.16. The highest BCUT2D eigenvalue weighted by atomic mass is 16.5. The number of hydrogen-bond donors (Lipinski definition) is 0. The van der Waals surface area contributed by atoms with Crippen LogP contribution < -0.4 is 9.64 Å². The molecule has 0 radical (unpaired) electrons. The molecule has 5 nitrogen and oxygen atoms in total. The SMILES string of the molecule is CCCOc1ccc(C2=C(N3CC(C)CC(C)C3)C(=O)N(c3ccccc3C)C2=O)cc1. The van der Waals surface area contributed by atoms with Crippen molar-refractivity contribution in [3.05, 3.63) is 65.4 Å². The van der Waals surface area contributed by atoms with Crippen LogP contribution in [0.1, 0.15) is 44.7 Å². The van der Waals surface area contributed by atoms with Crippen molar-refractivity contribution >= 4 is 23.1 Å². The molecule has 168 valence electrons. The third-order valence-corrected chi connectivity index (χ3v) is 6.22. The quantitative estimate of drug-likeness (QED) is 0.600. The summed E-state index contributed by atoms with van der Waals surface area (Å²) in [5.74, 6) is 1.21. The summed E-state index contributed by atoms with van der Waals surface area (Å²) in [5, 5.41) is 0. The number of ether oxygens (including phenoxy) is 1. The summed E-state index contributed by atoms with van der Waals surface area (Å²) in [4.78, 5) is 31.0. The molecule has 5 heteroatoms. The molecule has 2 atom stereocenters. The molecule has 0 N–H and O–H groups in total. The fourth-order valence-corrected chi connectivity index (χ4v) is 4.89. The monoisotopic (exact) mass is 432 g/mol. The van der Waals surface area contributed by atoms with Crippen molar-refractivity contribution in [2.24, 2.45) is 11.8 Å². The first kappa shape index (κ1) is 22.1. The topological polar surface area (TPSA) is 49.9 Å². The lowest BCUT2D eigenvalue weighted by molar-refractivity contribution is -0.120. The van der Waals surface area contributed by atoms with Crippen molar-refractivity contribution in [3.8, 4) is 5.75 Å². The van der Waals surface area contributed by atoms with Gasteiger partial charge in [0.15, 0.2) is 0 Å². The van der Waals surface area contributed by atoms with Gasteiger partial charge >= 0.3 is 0 Å². The maximum Gasteiger partial charge on any atom is 0.282 e. The van der Waals surface area contributed by atoms with E-state index in [-0.39, 0.29) is 11.8 Å². The van der Waals surface area contributed by atoms with Crippen LogP contribution in [0.25, 0.3) is 5.57 Å². The minimum Gasteiger partial charge on any atom is -0.494 e. The molecule has 2 aromatic rings. The number of para-hydroxylation sites is 1. The second-order valence-electron chi connectivity index (χ2n) is 9.18. The van der Waals surface area contributed by atoms with Crippen LogP contribution in [-0.4, -0.2) is 36.4 Å². The first-order chi connectivity index (χ1) is 15.4. The molecule has 1 fully saturated rings. The van der Waals surface area contributed by atoms with Gasteiger partial charge in [-0.3, -0.25) is 9.59 Å². The van der Waals surface area contributed by atoms with Crippen molar-refractivity contribution in [1.29, 1.82) is 0 Å². The Bertz CT molecular complexity index is 1030. The van der Waals surface area contributed by atoms with E-state index in [4.69, 9.17) is 4.74 Å². The van der Waals surface area contributed by atoms with E-state index in [1.165, 1.54) is 4.90 Å². The average Bonchev–Trinajstić information content (AvgIpc) is 3.02. The molecule has 2 unspecified atom stereocenters. The predicted octanol–water partition coefficient (Wildman–Crippen LogP) is 5.05. The Labute approximate surface area is 190 Å². The zero-order chi connectivity index (χ0) is 22.8. The lowest BCUT2D eigenvalue weighted by Crippen LogP contribution is -2.42. The molecule has 2 heterocycles. The Morgan fingerprint density at radius 3 is 2.22 bits per heavy atom. The highest BCUT2D eigenvalue weighted by Gasteiger charge is 2.44. The zero-order valence-corrected chi connectivity index (χ0v) is 19.4. The Kier molecular flexibility index (Phi) is 6.35. The first-order valence-electron chi connectivity index (χ1n) is 11.6. The van der Waals surface area contributed by atoms with E-state index in [9.17, 15) is 9.59 Å². The molecule has 0 aromatic heterocycles.